The van der Waals surface area contributed by atoms with Crippen LogP contribution in [0.3, 0.4) is 0 Å². The van der Waals surface area contributed by atoms with Gasteiger partial charge in [-0.15, -0.1) is 16.8 Å². The highest BCUT2D eigenvalue weighted by atomic mass is 32.2. The summed E-state index contributed by atoms with van der Waals surface area (Å²) in [6, 6.07) is 1.67. The number of rotatable bonds is 9. The third kappa shape index (κ3) is 4.29. The van der Waals surface area contributed by atoms with Gasteiger partial charge in [0.15, 0.2) is 11.0 Å². The lowest BCUT2D eigenvalue weighted by Gasteiger charge is -2.09. The van der Waals surface area contributed by atoms with Gasteiger partial charge in [0.1, 0.15) is 12.2 Å². The maximum absolute atomic E-state index is 12.8. The van der Waals surface area contributed by atoms with E-state index in [1.807, 2.05) is 4.57 Å². The molecule has 0 aromatic carbocycles. The monoisotopic (exact) mass is 382 g/mol. The van der Waals surface area contributed by atoms with Gasteiger partial charge in [-0.3, -0.25) is 9.48 Å². The Labute approximate surface area is 153 Å². The van der Waals surface area contributed by atoms with Crippen molar-refractivity contribution < 1.29 is 13.6 Å². The Hall–Kier alpha value is -2.23. The van der Waals surface area contributed by atoms with Crippen molar-refractivity contribution >= 4 is 17.7 Å². The molecule has 0 bridgehead atoms. The number of alkyl halides is 2. The second-order valence-electron chi connectivity index (χ2n) is 6.05. The van der Waals surface area contributed by atoms with Gasteiger partial charge in [0.05, 0.1) is 5.75 Å². The fourth-order valence-corrected chi connectivity index (χ4v) is 3.37. The molecule has 26 heavy (non-hydrogen) atoms. The molecule has 2 aromatic heterocycles. The topological polar surface area (TPSA) is 77.6 Å². The number of hydrogen-bond donors (Lipinski definition) is 1. The first-order chi connectivity index (χ1) is 12.5. The van der Waals surface area contributed by atoms with E-state index in [-0.39, 0.29) is 23.9 Å². The first kappa shape index (κ1) is 18.6. The number of aryl methyl sites for hydroxylation is 1. The predicted octanol–water partition coefficient (Wildman–Crippen LogP) is 2.50. The number of nitrogens with one attached hydrogen (secondary N) is 1. The minimum absolute atomic E-state index is 0.105. The molecule has 0 saturated heterocycles. The summed E-state index contributed by atoms with van der Waals surface area (Å²) in [5, 5.41) is 15.7. The number of carbonyl (C=O) groups is 1. The van der Waals surface area contributed by atoms with Crippen molar-refractivity contribution in [2.75, 3.05) is 12.3 Å². The summed E-state index contributed by atoms with van der Waals surface area (Å²) in [7, 11) is 0. The molecule has 10 heteroatoms. The Morgan fingerprint density at radius 3 is 2.88 bits per heavy atom. The maximum atomic E-state index is 12.8. The summed E-state index contributed by atoms with van der Waals surface area (Å²) in [5.74, 6) is 0.787. The lowest BCUT2D eigenvalue weighted by molar-refractivity contribution is -0.118. The summed E-state index contributed by atoms with van der Waals surface area (Å²) in [5.41, 5.74) is 0.400. The number of nitrogens with zero attached hydrogens (tertiary/aromatic N) is 5. The normalized spacial score (nSPS) is 14.0. The molecule has 0 radical (unpaired) electrons. The summed E-state index contributed by atoms with van der Waals surface area (Å²) < 4.78 is 29.2. The molecule has 1 amide bonds. The van der Waals surface area contributed by atoms with Gasteiger partial charge in [0.25, 0.3) is 6.43 Å². The molecule has 2 aromatic rings. The minimum Gasteiger partial charge on any atom is -0.352 e. The second kappa shape index (κ2) is 7.98. The zero-order chi connectivity index (χ0) is 18.7. The van der Waals surface area contributed by atoms with Crippen LogP contribution in [0, 0.1) is 6.92 Å². The molecule has 1 N–H and O–H groups in total. The predicted molar refractivity (Wildman–Crippen MR) is 93.2 cm³/mol. The van der Waals surface area contributed by atoms with E-state index in [1.165, 1.54) is 22.5 Å². The van der Waals surface area contributed by atoms with Gasteiger partial charge < -0.3 is 9.88 Å². The van der Waals surface area contributed by atoms with E-state index in [0.29, 0.717) is 29.3 Å². The van der Waals surface area contributed by atoms with Crippen LogP contribution in [0.5, 0.6) is 0 Å². The van der Waals surface area contributed by atoms with E-state index < -0.39 is 6.43 Å². The number of aromatic nitrogens is 5. The third-order valence-electron chi connectivity index (χ3n) is 3.94. The Morgan fingerprint density at radius 1 is 1.50 bits per heavy atom. The van der Waals surface area contributed by atoms with Crippen LogP contribution in [0.4, 0.5) is 8.78 Å². The lowest BCUT2D eigenvalue weighted by atomic mass is 10.4. The summed E-state index contributed by atoms with van der Waals surface area (Å²) in [6.07, 6.45) is 1.05. The van der Waals surface area contributed by atoms with Crippen LogP contribution in [0.1, 0.15) is 42.5 Å². The van der Waals surface area contributed by atoms with Crippen molar-refractivity contribution in [3.63, 3.8) is 0 Å². The number of amides is 1. The van der Waals surface area contributed by atoms with E-state index in [4.69, 9.17) is 0 Å². The minimum atomic E-state index is -2.60. The van der Waals surface area contributed by atoms with Gasteiger partial charge in [-0.05, 0) is 25.8 Å². The van der Waals surface area contributed by atoms with E-state index >= 15 is 0 Å². The van der Waals surface area contributed by atoms with Crippen molar-refractivity contribution in [3.8, 4) is 0 Å². The van der Waals surface area contributed by atoms with Crippen molar-refractivity contribution in [2.45, 2.75) is 43.9 Å². The quantitative estimate of drug-likeness (QED) is 0.533. The molecule has 0 atom stereocenters. The molecule has 0 unspecified atom stereocenters. The summed E-state index contributed by atoms with van der Waals surface area (Å²) in [6.45, 7) is 5.98. The Bertz CT molecular complexity index is 799. The van der Waals surface area contributed by atoms with Crippen molar-refractivity contribution in [2.24, 2.45) is 0 Å². The number of thioether (sulfide) groups is 1. The van der Waals surface area contributed by atoms with Gasteiger partial charge in [0, 0.05) is 18.3 Å². The highest BCUT2D eigenvalue weighted by Gasteiger charge is 2.30. The summed E-state index contributed by atoms with van der Waals surface area (Å²) >= 11 is 1.31. The molecule has 2 heterocycles. The van der Waals surface area contributed by atoms with E-state index in [0.717, 1.165) is 12.8 Å². The molecule has 1 aliphatic carbocycles. The average molecular weight is 382 g/mol. The number of hydrogen-bond acceptors (Lipinski definition) is 5. The highest BCUT2D eigenvalue weighted by molar-refractivity contribution is 7.99. The molecule has 7 nitrogen and oxygen atoms in total. The molecule has 1 fully saturated rings. The first-order valence-corrected chi connectivity index (χ1v) is 9.24. The number of carbonyl (C=O) groups excluding carboxylic acids is 1. The third-order valence-corrected chi connectivity index (χ3v) is 4.88. The Balaban J connectivity index is 1.73. The molecule has 1 saturated carbocycles. The van der Waals surface area contributed by atoms with Crippen LogP contribution in [0.15, 0.2) is 23.9 Å². The molecular formula is C16H20F2N6OS. The van der Waals surface area contributed by atoms with Gasteiger partial charge in [0.2, 0.25) is 5.91 Å². The van der Waals surface area contributed by atoms with Gasteiger partial charge >= 0.3 is 0 Å². The van der Waals surface area contributed by atoms with Crippen LogP contribution < -0.4 is 5.32 Å². The smallest absolute Gasteiger partial charge is 0.282 e. The summed E-state index contributed by atoms with van der Waals surface area (Å²) in [4.78, 5) is 11.8. The van der Waals surface area contributed by atoms with Crippen LogP contribution >= 0.6 is 11.8 Å². The fraction of sp³-hybridized carbons (Fsp3) is 0.500. The fourth-order valence-electron chi connectivity index (χ4n) is 2.52. The van der Waals surface area contributed by atoms with Crippen LogP contribution in [0.25, 0.3) is 0 Å². The zero-order valence-electron chi connectivity index (χ0n) is 14.4. The van der Waals surface area contributed by atoms with E-state index in [9.17, 15) is 13.6 Å². The number of halogens is 2. The van der Waals surface area contributed by atoms with Crippen LogP contribution in [-0.4, -0.2) is 42.7 Å². The van der Waals surface area contributed by atoms with E-state index in [2.05, 4.69) is 27.2 Å². The van der Waals surface area contributed by atoms with Crippen molar-refractivity contribution in [1.82, 2.24) is 29.9 Å². The lowest BCUT2D eigenvalue weighted by Crippen LogP contribution is -2.25. The second-order valence-corrected chi connectivity index (χ2v) is 6.99. The average Bonchev–Trinajstić information content (AvgIpc) is 3.27. The van der Waals surface area contributed by atoms with Crippen molar-refractivity contribution in [3.05, 3.63) is 35.9 Å². The molecule has 0 spiro atoms. The van der Waals surface area contributed by atoms with Gasteiger partial charge in [-0.2, -0.15) is 5.10 Å². The Kier molecular flexibility index (Phi) is 5.70. The standard InChI is InChI=1S/C16H20F2N6OS/c1-3-6-19-14(25)9-26-16-21-20-13(24(16)11-4-5-11)8-23-10(2)7-12(22-23)15(17)18/h3,7,11,15H,1,4-6,8-9H2,2H3,(H,19,25). The van der Waals surface area contributed by atoms with Crippen LogP contribution in [0.2, 0.25) is 0 Å². The van der Waals surface area contributed by atoms with Crippen molar-refractivity contribution in [1.29, 1.82) is 0 Å². The highest BCUT2D eigenvalue weighted by Crippen LogP contribution is 2.39. The van der Waals surface area contributed by atoms with Crippen LogP contribution in [-0.2, 0) is 11.3 Å². The molecule has 140 valence electrons. The maximum Gasteiger partial charge on any atom is 0.282 e. The Morgan fingerprint density at radius 2 is 2.27 bits per heavy atom. The largest absolute Gasteiger partial charge is 0.352 e. The SMILES string of the molecule is C=CCNC(=O)CSc1nnc(Cn2nc(C(F)F)cc2C)n1C1CC1. The van der Waals surface area contributed by atoms with E-state index in [1.54, 1.807) is 13.0 Å². The first-order valence-electron chi connectivity index (χ1n) is 8.26. The molecule has 0 aliphatic heterocycles. The van der Waals surface area contributed by atoms with Gasteiger partial charge in [-0.25, -0.2) is 8.78 Å². The van der Waals surface area contributed by atoms with Gasteiger partial charge in [-0.1, -0.05) is 17.8 Å². The molecule has 1 aliphatic rings. The molecular weight excluding hydrogens is 362 g/mol. The zero-order valence-corrected chi connectivity index (χ0v) is 15.2. The molecule has 3 rings (SSSR count).